The van der Waals surface area contributed by atoms with Crippen molar-refractivity contribution in [3.63, 3.8) is 0 Å². The lowest BCUT2D eigenvalue weighted by Crippen LogP contribution is -2.42. The van der Waals surface area contributed by atoms with Crippen molar-refractivity contribution in [1.82, 2.24) is 14.5 Å². The molecular formula is C25H30ClN3O. The Bertz CT molecular complexity index is 1140. The maximum atomic E-state index is 13.4. The molecule has 0 N–H and O–H groups in total. The summed E-state index contributed by atoms with van der Waals surface area (Å²) in [6.07, 6.45) is 2.36. The number of aromatic nitrogens is 2. The number of aryl methyl sites for hydroxylation is 2. The Hall–Kier alpha value is -2.17. The van der Waals surface area contributed by atoms with E-state index in [2.05, 4.69) is 24.8 Å². The van der Waals surface area contributed by atoms with Crippen molar-refractivity contribution in [1.29, 1.82) is 0 Å². The van der Waals surface area contributed by atoms with Gasteiger partial charge in [0, 0.05) is 24.2 Å². The van der Waals surface area contributed by atoms with Crippen molar-refractivity contribution in [3.05, 3.63) is 63.2 Å². The molecule has 1 saturated heterocycles. The van der Waals surface area contributed by atoms with Crippen LogP contribution in [0.15, 0.2) is 41.2 Å². The summed E-state index contributed by atoms with van der Waals surface area (Å²) in [5, 5.41) is 1.43. The topological polar surface area (TPSA) is 38.1 Å². The van der Waals surface area contributed by atoms with Crippen molar-refractivity contribution in [2.24, 2.45) is 5.92 Å². The van der Waals surface area contributed by atoms with Crippen LogP contribution in [0.4, 0.5) is 0 Å². The molecule has 1 atom stereocenters. The Morgan fingerprint density at radius 3 is 2.60 bits per heavy atom. The summed E-state index contributed by atoms with van der Waals surface area (Å²) in [7, 11) is 0. The molecule has 4 rings (SSSR count). The van der Waals surface area contributed by atoms with Gasteiger partial charge in [-0.1, -0.05) is 23.7 Å². The summed E-state index contributed by atoms with van der Waals surface area (Å²) in [5.41, 5.74) is 3.92. The standard InChI is InChI=1S/C25H30ClN3O/c1-16(2)28-11-5-6-19(14-28)15-29-18(4)27-24-10-8-21(13-22(24)25(29)30)20-7-9-23(26)17(3)12-20/h7-10,12-13,16,19H,5-6,11,14-15H2,1-4H3/t19-/m0/s1. The van der Waals surface area contributed by atoms with Crippen molar-refractivity contribution < 1.29 is 0 Å². The van der Waals surface area contributed by atoms with Crippen LogP contribution in [0, 0.1) is 19.8 Å². The molecule has 0 unspecified atom stereocenters. The number of nitrogens with zero attached hydrogens (tertiary/aromatic N) is 3. The van der Waals surface area contributed by atoms with Crippen molar-refractivity contribution in [2.75, 3.05) is 13.1 Å². The number of piperidine rings is 1. The van der Waals surface area contributed by atoms with Crippen LogP contribution in [0.3, 0.4) is 0 Å². The fourth-order valence-corrected chi connectivity index (χ4v) is 4.64. The highest BCUT2D eigenvalue weighted by molar-refractivity contribution is 6.31. The Morgan fingerprint density at radius 1 is 1.13 bits per heavy atom. The molecule has 1 aromatic heterocycles. The lowest BCUT2D eigenvalue weighted by atomic mass is 9.96. The van der Waals surface area contributed by atoms with Crippen LogP contribution in [0.2, 0.25) is 5.02 Å². The van der Waals surface area contributed by atoms with Gasteiger partial charge < -0.3 is 4.90 Å². The second kappa shape index (κ2) is 8.52. The number of benzene rings is 2. The van der Waals surface area contributed by atoms with E-state index in [4.69, 9.17) is 16.6 Å². The zero-order valence-corrected chi connectivity index (χ0v) is 19.0. The predicted octanol–water partition coefficient (Wildman–Crippen LogP) is 5.45. The number of hydrogen-bond acceptors (Lipinski definition) is 3. The Labute approximate surface area is 183 Å². The van der Waals surface area contributed by atoms with Crippen LogP contribution >= 0.6 is 11.6 Å². The molecule has 0 radical (unpaired) electrons. The number of likely N-dealkylation sites (tertiary alicyclic amines) is 1. The van der Waals surface area contributed by atoms with Gasteiger partial charge in [0.25, 0.3) is 5.56 Å². The molecule has 30 heavy (non-hydrogen) atoms. The van der Waals surface area contributed by atoms with Crippen molar-refractivity contribution in [3.8, 4) is 11.1 Å². The van der Waals surface area contributed by atoms with Crippen molar-refractivity contribution >= 4 is 22.5 Å². The van der Waals surface area contributed by atoms with Crippen LogP contribution < -0.4 is 5.56 Å². The van der Waals surface area contributed by atoms with Crippen LogP contribution in [0.5, 0.6) is 0 Å². The smallest absolute Gasteiger partial charge is 0.261 e. The largest absolute Gasteiger partial charge is 0.301 e. The maximum absolute atomic E-state index is 13.4. The molecule has 2 heterocycles. The Morgan fingerprint density at radius 2 is 1.87 bits per heavy atom. The van der Waals surface area contributed by atoms with E-state index in [1.807, 2.05) is 48.7 Å². The van der Waals surface area contributed by atoms with Crippen LogP contribution in [-0.2, 0) is 6.54 Å². The van der Waals surface area contributed by atoms with Gasteiger partial charge in [0.2, 0.25) is 0 Å². The van der Waals surface area contributed by atoms with Gasteiger partial charge >= 0.3 is 0 Å². The fraction of sp³-hybridized carbons (Fsp3) is 0.440. The third-order valence-corrected chi connectivity index (χ3v) is 6.78. The van der Waals surface area contributed by atoms with Crippen LogP contribution in [0.1, 0.15) is 38.1 Å². The van der Waals surface area contributed by atoms with Gasteiger partial charge in [-0.25, -0.2) is 4.98 Å². The minimum atomic E-state index is 0.0618. The molecular weight excluding hydrogens is 394 g/mol. The highest BCUT2D eigenvalue weighted by Gasteiger charge is 2.23. The number of halogens is 1. The van der Waals surface area contributed by atoms with E-state index in [9.17, 15) is 4.79 Å². The summed E-state index contributed by atoms with van der Waals surface area (Å²) in [4.78, 5) is 20.7. The first kappa shape index (κ1) is 21.1. The first-order chi connectivity index (χ1) is 14.3. The highest BCUT2D eigenvalue weighted by atomic mass is 35.5. The van der Waals surface area contributed by atoms with E-state index in [0.29, 0.717) is 17.3 Å². The van der Waals surface area contributed by atoms with Gasteiger partial charge in [-0.15, -0.1) is 0 Å². The second-order valence-corrected chi connectivity index (χ2v) is 9.27. The highest BCUT2D eigenvalue weighted by Crippen LogP contribution is 2.27. The van der Waals surface area contributed by atoms with Gasteiger partial charge in [-0.05, 0) is 94.0 Å². The third kappa shape index (κ3) is 4.17. The fourth-order valence-electron chi connectivity index (χ4n) is 4.52. The summed E-state index contributed by atoms with van der Waals surface area (Å²) in [5.74, 6) is 1.28. The SMILES string of the molecule is Cc1cc(-c2ccc3nc(C)n(C[C@H]4CCCN(C(C)C)C4)c(=O)c3c2)ccc1Cl. The molecule has 5 heteroatoms. The molecule has 1 aliphatic rings. The summed E-state index contributed by atoms with van der Waals surface area (Å²) in [6.45, 7) is 11.4. The molecule has 158 valence electrons. The lowest BCUT2D eigenvalue weighted by Gasteiger charge is -2.35. The predicted molar refractivity (Wildman–Crippen MR) is 125 cm³/mol. The van der Waals surface area contributed by atoms with Crippen LogP contribution in [0.25, 0.3) is 22.0 Å². The molecule has 0 saturated carbocycles. The first-order valence-electron chi connectivity index (χ1n) is 10.8. The van der Waals surface area contributed by atoms with E-state index in [1.165, 1.54) is 6.42 Å². The zero-order chi connectivity index (χ0) is 21.4. The summed E-state index contributed by atoms with van der Waals surface area (Å²) >= 11 is 6.18. The third-order valence-electron chi connectivity index (χ3n) is 6.36. The Kier molecular flexibility index (Phi) is 5.99. The number of fused-ring (bicyclic) bond motifs is 1. The van der Waals surface area contributed by atoms with Gasteiger partial charge in [-0.2, -0.15) is 0 Å². The van der Waals surface area contributed by atoms with E-state index in [-0.39, 0.29) is 5.56 Å². The van der Waals surface area contributed by atoms with E-state index in [0.717, 1.165) is 59.1 Å². The van der Waals surface area contributed by atoms with Gasteiger partial charge in [0.15, 0.2) is 0 Å². The van der Waals surface area contributed by atoms with E-state index >= 15 is 0 Å². The van der Waals surface area contributed by atoms with Gasteiger partial charge in [-0.3, -0.25) is 9.36 Å². The lowest BCUT2D eigenvalue weighted by molar-refractivity contribution is 0.129. The molecule has 0 amide bonds. The van der Waals surface area contributed by atoms with Crippen molar-refractivity contribution in [2.45, 2.75) is 53.1 Å². The molecule has 1 fully saturated rings. The van der Waals surface area contributed by atoms with E-state index in [1.54, 1.807) is 0 Å². The molecule has 2 aromatic carbocycles. The summed E-state index contributed by atoms with van der Waals surface area (Å²) < 4.78 is 1.88. The minimum Gasteiger partial charge on any atom is -0.301 e. The quantitative estimate of drug-likeness (QED) is 0.559. The zero-order valence-electron chi connectivity index (χ0n) is 18.3. The second-order valence-electron chi connectivity index (χ2n) is 8.87. The van der Waals surface area contributed by atoms with Gasteiger partial charge in [0.1, 0.15) is 5.82 Å². The molecule has 1 aliphatic heterocycles. The normalized spacial score (nSPS) is 17.7. The molecule has 3 aromatic rings. The number of rotatable bonds is 4. The van der Waals surface area contributed by atoms with Gasteiger partial charge in [0.05, 0.1) is 10.9 Å². The van der Waals surface area contributed by atoms with Crippen LogP contribution in [-0.4, -0.2) is 33.6 Å². The van der Waals surface area contributed by atoms with E-state index < -0.39 is 0 Å². The minimum absolute atomic E-state index is 0.0618. The maximum Gasteiger partial charge on any atom is 0.261 e. The molecule has 4 nitrogen and oxygen atoms in total. The average molecular weight is 424 g/mol. The monoisotopic (exact) mass is 423 g/mol. The molecule has 0 spiro atoms. The molecule has 0 aliphatic carbocycles. The molecule has 0 bridgehead atoms. The average Bonchev–Trinajstić information content (AvgIpc) is 2.73. The number of hydrogen-bond donors (Lipinski definition) is 0. The Balaban J connectivity index is 1.70. The first-order valence-corrected chi connectivity index (χ1v) is 11.2. The summed E-state index contributed by atoms with van der Waals surface area (Å²) in [6, 6.07) is 12.5.